The molecule has 2 aromatic carbocycles. The van der Waals surface area contributed by atoms with Gasteiger partial charge in [-0.2, -0.15) is 13.2 Å². The molecular weight excluding hydrogens is 371 g/mol. The Hall–Kier alpha value is -3.03. The Morgan fingerprint density at radius 2 is 1.89 bits per heavy atom. The van der Waals surface area contributed by atoms with Gasteiger partial charge >= 0.3 is 12.2 Å². The summed E-state index contributed by atoms with van der Waals surface area (Å²) in [5.74, 6) is -0.0880. The number of carbonyl (C=O) groups excluding carboxylic acids is 2. The monoisotopic (exact) mass is 391 g/mol. The number of amides is 3. The Labute approximate surface area is 160 Å². The SMILES string of the molecule is Cc1ccc(N2CC(CNC(=O)Nc3cccc(C(F)(F)F)c3)CC2=O)cc1. The quantitative estimate of drug-likeness (QED) is 0.821. The third-order valence-electron chi connectivity index (χ3n) is 4.55. The highest BCUT2D eigenvalue weighted by molar-refractivity contribution is 5.96. The summed E-state index contributed by atoms with van der Waals surface area (Å²) >= 11 is 0. The predicted molar refractivity (Wildman–Crippen MR) is 100 cm³/mol. The molecule has 1 heterocycles. The zero-order chi connectivity index (χ0) is 20.3. The molecule has 1 unspecified atom stereocenters. The average Bonchev–Trinajstić information content (AvgIpc) is 3.01. The molecule has 0 bridgehead atoms. The van der Waals surface area contributed by atoms with Crippen molar-refractivity contribution in [3.63, 3.8) is 0 Å². The van der Waals surface area contributed by atoms with E-state index in [1.54, 1.807) is 4.90 Å². The second kappa shape index (κ2) is 7.92. The van der Waals surface area contributed by atoms with Crippen molar-refractivity contribution in [3.8, 4) is 0 Å². The van der Waals surface area contributed by atoms with Gasteiger partial charge in [-0.05, 0) is 37.3 Å². The molecule has 0 aliphatic carbocycles. The van der Waals surface area contributed by atoms with Gasteiger partial charge in [-0.3, -0.25) is 4.79 Å². The Kier molecular flexibility index (Phi) is 5.58. The van der Waals surface area contributed by atoms with Crippen LogP contribution in [0.2, 0.25) is 0 Å². The number of alkyl halides is 3. The Morgan fingerprint density at radius 1 is 1.18 bits per heavy atom. The number of carbonyl (C=O) groups is 2. The summed E-state index contributed by atoms with van der Waals surface area (Å²) in [6, 6.07) is 11.4. The highest BCUT2D eigenvalue weighted by Gasteiger charge is 2.31. The van der Waals surface area contributed by atoms with E-state index in [9.17, 15) is 22.8 Å². The normalized spacial score (nSPS) is 16.9. The summed E-state index contributed by atoms with van der Waals surface area (Å²) in [5.41, 5.74) is 1.13. The molecule has 8 heteroatoms. The van der Waals surface area contributed by atoms with Gasteiger partial charge in [0.25, 0.3) is 0 Å². The number of halogens is 3. The summed E-state index contributed by atoms with van der Waals surface area (Å²) in [5, 5.41) is 5.01. The molecule has 5 nitrogen and oxygen atoms in total. The van der Waals surface area contributed by atoms with Gasteiger partial charge in [0.15, 0.2) is 0 Å². The number of nitrogens with one attached hydrogen (secondary N) is 2. The van der Waals surface area contributed by atoms with Gasteiger partial charge in [0, 0.05) is 36.8 Å². The van der Waals surface area contributed by atoms with Crippen LogP contribution in [-0.2, 0) is 11.0 Å². The largest absolute Gasteiger partial charge is 0.416 e. The predicted octanol–water partition coefficient (Wildman–Crippen LogP) is 4.19. The van der Waals surface area contributed by atoms with Crippen molar-refractivity contribution in [2.45, 2.75) is 19.5 Å². The first-order valence-corrected chi connectivity index (χ1v) is 8.81. The van der Waals surface area contributed by atoms with Crippen molar-refractivity contribution in [2.24, 2.45) is 5.92 Å². The number of benzene rings is 2. The number of anilines is 2. The fourth-order valence-electron chi connectivity index (χ4n) is 3.08. The zero-order valence-electron chi connectivity index (χ0n) is 15.2. The van der Waals surface area contributed by atoms with Crippen molar-refractivity contribution < 1.29 is 22.8 Å². The third-order valence-corrected chi connectivity index (χ3v) is 4.55. The van der Waals surface area contributed by atoms with E-state index in [0.29, 0.717) is 13.0 Å². The topological polar surface area (TPSA) is 61.4 Å². The number of urea groups is 1. The summed E-state index contributed by atoms with van der Waals surface area (Å²) in [6.45, 7) is 2.69. The number of aryl methyl sites for hydroxylation is 1. The van der Waals surface area contributed by atoms with Crippen LogP contribution in [0, 0.1) is 12.8 Å². The number of hydrogen-bond acceptors (Lipinski definition) is 2. The van der Waals surface area contributed by atoms with E-state index in [-0.39, 0.29) is 24.1 Å². The molecule has 28 heavy (non-hydrogen) atoms. The van der Waals surface area contributed by atoms with Crippen LogP contribution in [0.25, 0.3) is 0 Å². The Morgan fingerprint density at radius 3 is 2.57 bits per heavy atom. The lowest BCUT2D eigenvalue weighted by Crippen LogP contribution is -2.34. The molecule has 1 saturated heterocycles. The first kappa shape index (κ1) is 19.7. The maximum absolute atomic E-state index is 12.7. The van der Waals surface area contributed by atoms with Crippen molar-refractivity contribution in [1.29, 1.82) is 0 Å². The van der Waals surface area contributed by atoms with Gasteiger partial charge < -0.3 is 15.5 Å². The Bertz CT molecular complexity index is 866. The van der Waals surface area contributed by atoms with Crippen molar-refractivity contribution in [1.82, 2.24) is 5.32 Å². The second-order valence-corrected chi connectivity index (χ2v) is 6.82. The minimum Gasteiger partial charge on any atom is -0.338 e. The van der Waals surface area contributed by atoms with E-state index < -0.39 is 17.8 Å². The molecule has 0 saturated carbocycles. The van der Waals surface area contributed by atoms with Crippen LogP contribution < -0.4 is 15.5 Å². The number of hydrogen-bond donors (Lipinski definition) is 2. The van der Waals surface area contributed by atoms with Gasteiger partial charge in [0.05, 0.1) is 5.56 Å². The van der Waals surface area contributed by atoms with Gasteiger partial charge in [-0.15, -0.1) is 0 Å². The highest BCUT2D eigenvalue weighted by atomic mass is 19.4. The average molecular weight is 391 g/mol. The van der Waals surface area contributed by atoms with E-state index in [4.69, 9.17) is 0 Å². The summed E-state index contributed by atoms with van der Waals surface area (Å²) in [6.07, 6.45) is -4.17. The first-order chi connectivity index (χ1) is 13.2. The highest BCUT2D eigenvalue weighted by Crippen LogP contribution is 2.30. The molecule has 2 aromatic rings. The van der Waals surface area contributed by atoms with Crippen LogP contribution in [0.1, 0.15) is 17.5 Å². The number of rotatable bonds is 4. The van der Waals surface area contributed by atoms with E-state index in [0.717, 1.165) is 23.4 Å². The van der Waals surface area contributed by atoms with Gasteiger partial charge in [-0.1, -0.05) is 23.8 Å². The van der Waals surface area contributed by atoms with E-state index in [1.165, 1.54) is 12.1 Å². The minimum absolute atomic E-state index is 0.0195. The van der Waals surface area contributed by atoms with Crippen LogP contribution in [-0.4, -0.2) is 25.0 Å². The molecule has 0 spiro atoms. The molecule has 1 aliphatic heterocycles. The first-order valence-electron chi connectivity index (χ1n) is 8.81. The lowest BCUT2D eigenvalue weighted by molar-refractivity contribution is -0.137. The summed E-state index contributed by atoms with van der Waals surface area (Å²) in [7, 11) is 0. The second-order valence-electron chi connectivity index (χ2n) is 6.82. The Balaban J connectivity index is 1.53. The molecule has 0 aromatic heterocycles. The lowest BCUT2D eigenvalue weighted by atomic mass is 10.1. The van der Waals surface area contributed by atoms with E-state index in [1.807, 2.05) is 31.2 Å². The third kappa shape index (κ3) is 4.82. The molecule has 148 valence electrons. The summed E-state index contributed by atoms with van der Waals surface area (Å²) in [4.78, 5) is 25.9. The van der Waals surface area contributed by atoms with Crippen LogP contribution >= 0.6 is 0 Å². The molecule has 1 fully saturated rings. The molecule has 3 rings (SSSR count). The minimum atomic E-state index is -4.47. The van der Waals surface area contributed by atoms with Crippen LogP contribution in [0.15, 0.2) is 48.5 Å². The molecule has 3 amide bonds. The van der Waals surface area contributed by atoms with Crippen LogP contribution in [0.4, 0.5) is 29.3 Å². The summed E-state index contributed by atoms with van der Waals surface area (Å²) < 4.78 is 38.2. The smallest absolute Gasteiger partial charge is 0.338 e. The maximum atomic E-state index is 12.7. The van der Waals surface area contributed by atoms with Crippen LogP contribution in [0.3, 0.4) is 0 Å². The van der Waals surface area contributed by atoms with Crippen molar-refractivity contribution in [2.75, 3.05) is 23.3 Å². The van der Waals surface area contributed by atoms with E-state index >= 15 is 0 Å². The molecule has 1 atom stereocenters. The van der Waals surface area contributed by atoms with Gasteiger partial charge in [0.1, 0.15) is 0 Å². The molecule has 1 aliphatic rings. The fourth-order valence-corrected chi connectivity index (χ4v) is 3.08. The zero-order valence-corrected chi connectivity index (χ0v) is 15.2. The van der Waals surface area contributed by atoms with Gasteiger partial charge in [-0.25, -0.2) is 4.79 Å². The standard InChI is InChI=1S/C20H20F3N3O2/c1-13-5-7-17(8-6-13)26-12-14(9-18(26)27)11-24-19(28)25-16-4-2-3-15(10-16)20(21,22)23/h2-8,10,14H,9,11-12H2,1H3,(H2,24,25,28). The lowest BCUT2D eigenvalue weighted by Gasteiger charge is -2.17. The van der Waals surface area contributed by atoms with Gasteiger partial charge in [0.2, 0.25) is 5.91 Å². The van der Waals surface area contributed by atoms with Crippen molar-refractivity contribution >= 4 is 23.3 Å². The fraction of sp³-hybridized carbons (Fsp3) is 0.300. The molecule has 2 N–H and O–H groups in total. The molecule has 0 radical (unpaired) electrons. The van der Waals surface area contributed by atoms with E-state index in [2.05, 4.69) is 10.6 Å². The van der Waals surface area contributed by atoms with Crippen molar-refractivity contribution in [3.05, 3.63) is 59.7 Å². The molecular formula is C20H20F3N3O2. The number of nitrogens with zero attached hydrogens (tertiary/aromatic N) is 1. The maximum Gasteiger partial charge on any atom is 0.416 e. The van der Waals surface area contributed by atoms with Crippen LogP contribution in [0.5, 0.6) is 0 Å².